The third-order valence-electron chi connectivity index (χ3n) is 4.84. The topological polar surface area (TPSA) is 151 Å². The minimum Gasteiger partial charge on any atom is -0.461 e. The molecule has 0 unspecified atom stereocenters. The van der Waals surface area contributed by atoms with Crippen LogP contribution in [0.25, 0.3) is 0 Å². The van der Waals surface area contributed by atoms with Gasteiger partial charge in [-0.2, -0.15) is 0 Å². The van der Waals surface area contributed by atoms with E-state index in [1.54, 1.807) is 31.2 Å². The number of esters is 1. The van der Waals surface area contributed by atoms with Crippen molar-refractivity contribution in [2.75, 3.05) is 12.3 Å². The Kier molecular flexibility index (Phi) is 8.87. The molecule has 2 amide bonds. The van der Waals surface area contributed by atoms with Crippen LogP contribution in [-0.4, -0.2) is 69.6 Å². The van der Waals surface area contributed by atoms with Gasteiger partial charge in [0.2, 0.25) is 0 Å². The normalized spacial score (nSPS) is 31.5. The summed E-state index contributed by atoms with van der Waals surface area (Å²) >= 11 is 1.15. The zero-order valence-electron chi connectivity index (χ0n) is 18.1. The SMILES string of the molecule is C[C@@H]1C/C=C2\SC[C@@H](NC(=O)c3coc(n3)C[C@H](O)C[C@@H](O)/C=C/C=C/CNC2=O)C(=O)O1. The smallest absolute Gasteiger partial charge is 0.329 e. The number of cyclic esters (lactones) is 1. The van der Waals surface area contributed by atoms with Crippen molar-refractivity contribution >= 4 is 29.5 Å². The van der Waals surface area contributed by atoms with Crippen LogP contribution in [0.2, 0.25) is 0 Å². The van der Waals surface area contributed by atoms with Gasteiger partial charge in [0.05, 0.1) is 23.5 Å². The van der Waals surface area contributed by atoms with Crippen LogP contribution in [0.4, 0.5) is 0 Å². The lowest BCUT2D eigenvalue weighted by Crippen LogP contribution is -2.44. The number of amides is 2. The molecule has 3 rings (SSSR count). The number of carbonyl (C=O) groups excluding carboxylic acids is 3. The Morgan fingerprint density at radius 2 is 2.00 bits per heavy atom. The highest BCUT2D eigenvalue weighted by atomic mass is 32.2. The number of thioether (sulfide) groups is 1. The van der Waals surface area contributed by atoms with E-state index in [9.17, 15) is 24.6 Å². The molecule has 33 heavy (non-hydrogen) atoms. The number of hydrogen-bond acceptors (Lipinski definition) is 9. The number of aromatic nitrogens is 1. The molecule has 0 saturated carbocycles. The van der Waals surface area contributed by atoms with E-state index in [0.717, 1.165) is 18.0 Å². The Morgan fingerprint density at radius 3 is 2.82 bits per heavy atom. The van der Waals surface area contributed by atoms with Crippen molar-refractivity contribution in [3.8, 4) is 0 Å². The average molecular weight is 478 g/mol. The molecule has 4 N–H and O–H groups in total. The third kappa shape index (κ3) is 7.58. The number of oxazole rings is 1. The maximum Gasteiger partial charge on any atom is 0.329 e. The van der Waals surface area contributed by atoms with E-state index >= 15 is 0 Å². The van der Waals surface area contributed by atoms with E-state index in [2.05, 4.69) is 15.6 Å². The van der Waals surface area contributed by atoms with Gasteiger partial charge in [-0.3, -0.25) is 9.59 Å². The molecule has 4 bridgehead atoms. The molecule has 178 valence electrons. The number of aliphatic hydroxyl groups is 2. The number of ether oxygens (including phenoxy) is 1. The molecule has 0 aliphatic carbocycles. The van der Waals surface area contributed by atoms with Crippen LogP contribution in [0.5, 0.6) is 0 Å². The molecule has 0 saturated heterocycles. The summed E-state index contributed by atoms with van der Waals surface area (Å²) in [5, 5.41) is 25.6. The van der Waals surface area contributed by atoms with E-state index in [1.165, 1.54) is 6.08 Å². The Morgan fingerprint density at radius 1 is 1.18 bits per heavy atom. The number of rotatable bonds is 0. The monoisotopic (exact) mass is 477 g/mol. The zero-order valence-corrected chi connectivity index (χ0v) is 18.9. The molecule has 1 aromatic rings. The Hall–Kier alpha value is -2.89. The van der Waals surface area contributed by atoms with Gasteiger partial charge in [-0.1, -0.05) is 30.4 Å². The maximum atomic E-state index is 12.6. The number of nitrogens with zero attached hydrogens (tertiary/aromatic N) is 1. The van der Waals surface area contributed by atoms with Gasteiger partial charge in [0.25, 0.3) is 11.8 Å². The van der Waals surface area contributed by atoms with Crippen molar-refractivity contribution in [3.63, 3.8) is 0 Å². The van der Waals surface area contributed by atoms with E-state index in [0.29, 0.717) is 11.3 Å². The van der Waals surface area contributed by atoms with Crippen molar-refractivity contribution in [3.05, 3.63) is 53.1 Å². The van der Waals surface area contributed by atoms with Crippen LogP contribution < -0.4 is 10.6 Å². The third-order valence-corrected chi connectivity index (χ3v) is 6.00. The molecular weight excluding hydrogens is 450 g/mol. The second-order valence-electron chi connectivity index (χ2n) is 7.70. The van der Waals surface area contributed by atoms with Crippen molar-refractivity contribution < 1.29 is 33.8 Å². The van der Waals surface area contributed by atoms with Crippen LogP contribution in [0, 0.1) is 0 Å². The number of nitrogens with one attached hydrogen (secondary N) is 2. The van der Waals surface area contributed by atoms with Crippen molar-refractivity contribution in [2.24, 2.45) is 0 Å². The Balaban J connectivity index is 1.84. The molecule has 2 aliphatic heterocycles. The van der Waals surface area contributed by atoms with Gasteiger partial charge in [-0.05, 0) is 6.92 Å². The van der Waals surface area contributed by atoms with Crippen molar-refractivity contribution in [1.82, 2.24) is 15.6 Å². The van der Waals surface area contributed by atoms with Crippen molar-refractivity contribution in [2.45, 2.75) is 50.5 Å². The molecule has 3 heterocycles. The maximum absolute atomic E-state index is 12.6. The molecule has 11 heteroatoms. The highest BCUT2D eigenvalue weighted by Gasteiger charge is 2.28. The summed E-state index contributed by atoms with van der Waals surface area (Å²) in [6.45, 7) is 1.97. The van der Waals surface area contributed by atoms with Crippen LogP contribution in [0.3, 0.4) is 0 Å². The lowest BCUT2D eigenvalue weighted by molar-refractivity contribution is -0.149. The summed E-state index contributed by atoms with van der Waals surface area (Å²) in [5.41, 5.74) is -0.0589. The molecular formula is C22H27N3O7S. The number of allylic oxidation sites excluding steroid dienone is 2. The van der Waals surface area contributed by atoms with E-state index in [1.807, 2.05) is 0 Å². The fourth-order valence-electron chi connectivity index (χ4n) is 3.12. The summed E-state index contributed by atoms with van der Waals surface area (Å²) < 4.78 is 10.7. The molecule has 10 nitrogen and oxygen atoms in total. The first-order chi connectivity index (χ1) is 15.8. The lowest BCUT2D eigenvalue weighted by atomic mass is 10.1. The number of hydrogen-bond donors (Lipinski definition) is 4. The fraction of sp³-hybridized carbons (Fsp3) is 0.455. The second-order valence-corrected chi connectivity index (χ2v) is 8.76. The quantitative estimate of drug-likeness (QED) is 0.394. The van der Waals surface area contributed by atoms with Crippen LogP contribution in [0.15, 0.2) is 46.0 Å². The standard InChI is InChI=1S/C22H27N3O7S/c1-13-6-7-18-21(29)23-8-4-2-3-5-14(26)9-15(27)10-19-24-16(11-31-19)20(28)25-17(12-33-18)22(30)32-13/h2-5,7,11,13-15,17,26-27H,6,8-10,12H2,1H3,(H,23,29)(H,25,28)/b4-2+,5-3+,18-7-/t13-,14+,15-,17-/m1/s1. The predicted octanol–water partition coefficient (Wildman–Crippen LogP) is 0.622. The first kappa shape index (κ1) is 24.7. The van der Waals surface area contributed by atoms with E-state index in [-0.39, 0.29) is 42.6 Å². The Labute approximate surface area is 195 Å². The molecule has 1 aromatic heterocycles. The highest BCUT2D eigenvalue weighted by molar-refractivity contribution is 8.04. The first-order valence-electron chi connectivity index (χ1n) is 10.6. The van der Waals surface area contributed by atoms with Gasteiger partial charge >= 0.3 is 5.97 Å². The van der Waals surface area contributed by atoms with Gasteiger partial charge in [0.1, 0.15) is 18.4 Å². The number of carbonyl (C=O) groups is 3. The van der Waals surface area contributed by atoms with Crippen LogP contribution in [0.1, 0.15) is 36.1 Å². The molecule has 4 atom stereocenters. The molecule has 2 aliphatic rings. The van der Waals surface area contributed by atoms with Crippen LogP contribution in [-0.2, 0) is 20.7 Å². The minimum atomic E-state index is -1.00. The van der Waals surface area contributed by atoms with Crippen molar-refractivity contribution in [1.29, 1.82) is 0 Å². The zero-order chi connectivity index (χ0) is 23.8. The number of fused-ring (bicyclic) bond motifs is 5. The summed E-state index contributed by atoms with van der Waals surface area (Å²) in [4.78, 5) is 42.3. The largest absolute Gasteiger partial charge is 0.461 e. The predicted molar refractivity (Wildman–Crippen MR) is 120 cm³/mol. The average Bonchev–Trinajstić information content (AvgIpc) is 3.23. The Bertz CT molecular complexity index is 956. The van der Waals surface area contributed by atoms with E-state index < -0.39 is 36.2 Å². The van der Waals surface area contributed by atoms with Crippen LogP contribution >= 0.6 is 11.8 Å². The second kappa shape index (κ2) is 11.8. The van der Waals surface area contributed by atoms with Gasteiger partial charge in [0.15, 0.2) is 11.6 Å². The van der Waals surface area contributed by atoms with Gasteiger partial charge < -0.3 is 30.0 Å². The van der Waals surface area contributed by atoms with Gasteiger partial charge in [-0.15, -0.1) is 11.8 Å². The summed E-state index contributed by atoms with van der Waals surface area (Å²) in [6, 6.07) is -1.00. The highest BCUT2D eigenvalue weighted by Crippen LogP contribution is 2.22. The summed E-state index contributed by atoms with van der Waals surface area (Å²) in [6.07, 6.45) is 7.47. The summed E-state index contributed by atoms with van der Waals surface area (Å²) in [7, 11) is 0. The molecule has 0 radical (unpaired) electrons. The molecule has 0 aromatic carbocycles. The fourth-order valence-corrected chi connectivity index (χ4v) is 4.10. The number of aliphatic hydroxyl groups excluding tert-OH is 2. The molecule has 0 fully saturated rings. The first-order valence-corrected chi connectivity index (χ1v) is 11.6. The van der Waals surface area contributed by atoms with Gasteiger partial charge in [0, 0.05) is 25.1 Å². The minimum absolute atomic E-state index is 0.00699. The van der Waals surface area contributed by atoms with Gasteiger partial charge in [-0.25, -0.2) is 9.78 Å². The van der Waals surface area contributed by atoms with E-state index in [4.69, 9.17) is 9.15 Å². The summed E-state index contributed by atoms with van der Waals surface area (Å²) in [5.74, 6) is -1.34. The molecule has 0 spiro atoms. The lowest BCUT2D eigenvalue weighted by Gasteiger charge is -2.18.